The monoisotopic (exact) mass is 406 g/mol. The number of hydrogen-bond acceptors (Lipinski definition) is 5. The van der Waals surface area contributed by atoms with Crippen molar-refractivity contribution in [2.75, 3.05) is 13.7 Å². The summed E-state index contributed by atoms with van der Waals surface area (Å²) in [4.78, 5) is 22.6. The summed E-state index contributed by atoms with van der Waals surface area (Å²) in [5.74, 6) is -0.578. The second-order valence-corrected chi connectivity index (χ2v) is 5.71. The van der Waals surface area contributed by atoms with E-state index in [0.717, 1.165) is 4.47 Å². The number of methoxy groups -OCH3 is 1. The number of carbonyl (C=O) groups is 2. The van der Waals surface area contributed by atoms with Gasteiger partial charge in [0.25, 0.3) is 5.91 Å². The Morgan fingerprint density at radius 2 is 1.96 bits per heavy atom. The summed E-state index contributed by atoms with van der Waals surface area (Å²) in [6, 6.07) is 11.7. The molecule has 0 saturated carbocycles. The first kappa shape index (κ1) is 18.5. The molecule has 25 heavy (non-hydrogen) atoms. The van der Waals surface area contributed by atoms with Gasteiger partial charge in [-0.25, -0.2) is 10.2 Å². The molecule has 2 aromatic carbocycles. The summed E-state index contributed by atoms with van der Waals surface area (Å²) in [6.45, 7) is -0.405. The largest absolute Gasteiger partial charge is 0.496 e. The number of halogens is 1. The van der Waals surface area contributed by atoms with Gasteiger partial charge in [-0.3, -0.25) is 4.79 Å². The Bertz CT molecular complexity index is 790. The summed E-state index contributed by atoms with van der Waals surface area (Å²) in [6.07, 6.45) is 1.46. The van der Waals surface area contributed by atoms with Crippen molar-refractivity contribution >= 4 is 34.0 Å². The van der Waals surface area contributed by atoms with E-state index >= 15 is 0 Å². The van der Waals surface area contributed by atoms with Crippen molar-refractivity contribution < 1.29 is 24.2 Å². The number of ether oxygens (including phenoxy) is 2. The first-order chi connectivity index (χ1) is 12.0. The third-order valence-corrected chi connectivity index (χ3v) is 3.52. The van der Waals surface area contributed by atoms with E-state index in [2.05, 4.69) is 26.5 Å². The van der Waals surface area contributed by atoms with Gasteiger partial charge in [0.15, 0.2) is 6.61 Å². The van der Waals surface area contributed by atoms with E-state index in [1.54, 1.807) is 42.5 Å². The van der Waals surface area contributed by atoms with Crippen LogP contribution < -0.4 is 14.9 Å². The van der Waals surface area contributed by atoms with Crippen LogP contribution in [0.5, 0.6) is 11.5 Å². The van der Waals surface area contributed by atoms with Gasteiger partial charge in [0.05, 0.1) is 18.9 Å². The molecule has 0 unspecified atom stereocenters. The minimum Gasteiger partial charge on any atom is -0.496 e. The predicted octanol–water partition coefficient (Wildman–Crippen LogP) is 2.68. The van der Waals surface area contributed by atoms with Crippen LogP contribution in [0.2, 0.25) is 0 Å². The van der Waals surface area contributed by atoms with Gasteiger partial charge >= 0.3 is 5.97 Å². The van der Waals surface area contributed by atoms with E-state index in [0.29, 0.717) is 22.6 Å². The Morgan fingerprint density at radius 1 is 1.24 bits per heavy atom. The van der Waals surface area contributed by atoms with Crippen LogP contribution in [-0.4, -0.2) is 36.9 Å². The molecule has 0 radical (unpaired) electrons. The molecule has 8 heteroatoms. The molecule has 0 aliphatic heterocycles. The number of aliphatic carboxylic acids is 1. The number of hydrazone groups is 1. The van der Waals surface area contributed by atoms with Crippen molar-refractivity contribution in [1.82, 2.24) is 5.43 Å². The molecule has 130 valence electrons. The number of rotatable bonds is 7. The molecular formula is C17H15BrN2O5. The Morgan fingerprint density at radius 3 is 2.60 bits per heavy atom. The number of carboxylic acid groups (broad SMARTS) is 1. The van der Waals surface area contributed by atoms with Crippen LogP contribution in [0.25, 0.3) is 0 Å². The normalized spacial score (nSPS) is 10.5. The zero-order valence-electron chi connectivity index (χ0n) is 13.2. The standard InChI is InChI=1S/C17H15BrN2O5/c1-24-15-7-4-12(18)8-14(15)17(23)20-19-9-11-2-5-13(6-3-11)25-10-16(21)22/h2-9H,10H2,1H3,(H,20,23)(H,21,22)/b19-9-. The third-order valence-electron chi connectivity index (χ3n) is 3.03. The fourth-order valence-electron chi connectivity index (χ4n) is 1.88. The minimum atomic E-state index is -1.05. The highest BCUT2D eigenvalue weighted by atomic mass is 79.9. The Balaban J connectivity index is 1.97. The van der Waals surface area contributed by atoms with Crippen LogP contribution in [0.1, 0.15) is 15.9 Å². The lowest BCUT2D eigenvalue weighted by molar-refractivity contribution is -0.139. The van der Waals surface area contributed by atoms with E-state index in [4.69, 9.17) is 14.6 Å². The lowest BCUT2D eigenvalue weighted by Gasteiger charge is -2.07. The highest BCUT2D eigenvalue weighted by molar-refractivity contribution is 9.10. The van der Waals surface area contributed by atoms with E-state index in [1.165, 1.54) is 13.3 Å². The van der Waals surface area contributed by atoms with Crippen molar-refractivity contribution in [2.24, 2.45) is 5.10 Å². The predicted molar refractivity (Wildman–Crippen MR) is 95.3 cm³/mol. The number of carboxylic acids is 1. The summed E-state index contributed by atoms with van der Waals surface area (Å²) in [5.41, 5.74) is 3.49. The van der Waals surface area contributed by atoms with E-state index < -0.39 is 18.5 Å². The Labute approximate surface area is 152 Å². The summed E-state index contributed by atoms with van der Waals surface area (Å²) in [5, 5.41) is 12.4. The van der Waals surface area contributed by atoms with Gasteiger partial charge in [-0.2, -0.15) is 5.10 Å². The Kier molecular flexibility index (Phi) is 6.53. The molecule has 0 aliphatic rings. The van der Waals surface area contributed by atoms with Crippen molar-refractivity contribution in [3.8, 4) is 11.5 Å². The smallest absolute Gasteiger partial charge is 0.341 e. The van der Waals surface area contributed by atoms with Crippen LogP contribution >= 0.6 is 15.9 Å². The minimum absolute atomic E-state index is 0.353. The van der Waals surface area contributed by atoms with Crippen molar-refractivity contribution in [3.63, 3.8) is 0 Å². The number of nitrogens with zero attached hydrogens (tertiary/aromatic N) is 1. The number of carbonyl (C=O) groups excluding carboxylic acids is 1. The molecule has 0 atom stereocenters. The summed E-state index contributed by atoms with van der Waals surface area (Å²) >= 11 is 3.30. The molecule has 2 N–H and O–H groups in total. The third kappa shape index (κ3) is 5.61. The molecule has 2 rings (SSSR count). The maximum Gasteiger partial charge on any atom is 0.341 e. The molecule has 0 saturated heterocycles. The Hall–Kier alpha value is -2.87. The van der Waals surface area contributed by atoms with Crippen LogP contribution in [-0.2, 0) is 4.79 Å². The van der Waals surface area contributed by atoms with E-state index in [1.807, 2.05) is 0 Å². The van der Waals surface area contributed by atoms with Gasteiger partial charge < -0.3 is 14.6 Å². The molecule has 0 aliphatic carbocycles. The zero-order valence-corrected chi connectivity index (χ0v) is 14.8. The fourth-order valence-corrected chi connectivity index (χ4v) is 2.24. The van der Waals surface area contributed by atoms with Gasteiger partial charge in [0.1, 0.15) is 11.5 Å². The van der Waals surface area contributed by atoms with Gasteiger partial charge in [-0.05, 0) is 48.0 Å². The highest BCUT2D eigenvalue weighted by Crippen LogP contribution is 2.22. The van der Waals surface area contributed by atoms with Crippen LogP contribution in [0.4, 0.5) is 0 Å². The van der Waals surface area contributed by atoms with Crippen molar-refractivity contribution in [1.29, 1.82) is 0 Å². The maximum absolute atomic E-state index is 12.2. The van der Waals surface area contributed by atoms with Gasteiger partial charge in [-0.15, -0.1) is 0 Å². The molecule has 2 aromatic rings. The van der Waals surface area contributed by atoms with Crippen molar-refractivity contribution in [3.05, 3.63) is 58.1 Å². The van der Waals surface area contributed by atoms with E-state index in [9.17, 15) is 9.59 Å². The molecule has 0 fully saturated rings. The topological polar surface area (TPSA) is 97.2 Å². The maximum atomic E-state index is 12.2. The quantitative estimate of drug-likeness (QED) is 0.544. The van der Waals surface area contributed by atoms with Gasteiger partial charge in [-0.1, -0.05) is 15.9 Å². The molecule has 0 spiro atoms. The second-order valence-electron chi connectivity index (χ2n) is 4.80. The average molecular weight is 407 g/mol. The van der Waals surface area contributed by atoms with Gasteiger partial charge in [0, 0.05) is 4.47 Å². The molecule has 0 bridgehead atoms. The summed E-state index contributed by atoms with van der Waals surface area (Å²) < 4.78 is 10.9. The van der Waals surface area contributed by atoms with Crippen LogP contribution in [0.15, 0.2) is 52.0 Å². The van der Waals surface area contributed by atoms with Crippen LogP contribution in [0.3, 0.4) is 0 Å². The lowest BCUT2D eigenvalue weighted by atomic mass is 10.2. The highest BCUT2D eigenvalue weighted by Gasteiger charge is 2.11. The molecular weight excluding hydrogens is 392 g/mol. The first-order valence-corrected chi connectivity index (χ1v) is 7.90. The van der Waals surface area contributed by atoms with Crippen molar-refractivity contribution in [2.45, 2.75) is 0 Å². The molecule has 7 nitrogen and oxygen atoms in total. The van der Waals surface area contributed by atoms with E-state index in [-0.39, 0.29) is 0 Å². The molecule has 0 heterocycles. The second kappa shape index (κ2) is 8.84. The number of amides is 1. The first-order valence-electron chi connectivity index (χ1n) is 7.11. The lowest BCUT2D eigenvalue weighted by Crippen LogP contribution is -2.18. The van der Waals surface area contributed by atoms with Gasteiger partial charge in [0.2, 0.25) is 0 Å². The fraction of sp³-hybridized carbons (Fsp3) is 0.118. The summed E-state index contributed by atoms with van der Waals surface area (Å²) in [7, 11) is 1.48. The number of hydrogen-bond donors (Lipinski definition) is 2. The molecule has 0 aromatic heterocycles. The molecule has 1 amide bonds. The SMILES string of the molecule is COc1ccc(Br)cc1C(=O)N/N=C\c1ccc(OCC(=O)O)cc1. The zero-order chi connectivity index (χ0) is 18.2. The number of benzene rings is 2. The average Bonchev–Trinajstić information content (AvgIpc) is 2.60. The number of nitrogens with one attached hydrogen (secondary N) is 1. The van der Waals surface area contributed by atoms with Crippen LogP contribution in [0, 0.1) is 0 Å².